The second-order valence-electron chi connectivity index (χ2n) is 4.68. The monoisotopic (exact) mass is 411 g/mol. The second kappa shape index (κ2) is 8.46. The predicted octanol–water partition coefficient (Wildman–Crippen LogP) is 2.16. The van der Waals surface area contributed by atoms with Gasteiger partial charge in [0, 0.05) is 5.69 Å². The lowest BCUT2D eigenvalue weighted by molar-refractivity contribution is 0.587. The van der Waals surface area contributed by atoms with Crippen molar-refractivity contribution in [2.24, 2.45) is 10.7 Å². The molecule has 0 saturated carbocycles. The van der Waals surface area contributed by atoms with Crippen molar-refractivity contribution in [1.29, 1.82) is 0 Å². The highest BCUT2D eigenvalue weighted by molar-refractivity contribution is 14.0. The van der Waals surface area contributed by atoms with Crippen LogP contribution in [0.5, 0.6) is 0 Å². The van der Waals surface area contributed by atoms with Crippen LogP contribution in [0.15, 0.2) is 29.3 Å². The van der Waals surface area contributed by atoms with E-state index in [0.717, 1.165) is 11.3 Å². The predicted molar refractivity (Wildman–Crippen MR) is 95.6 cm³/mol. The van der Waals surface area contributed by atoms with Crippen LogP contribution in [0.4, 0.5) is 5.69 Å². The van der Waals surface area contributed by atoms with Gasteiger partial charge in [0.05, 0.1) is 17.5 Å². The zero-order valence-electron chi connectivity index (χ0n) is 12.0. The van der Waals surface area contributed by atoms with Crippen LogP contribution in [-0.4, -0.2) is 31.9 Å². The second-order valence-corrected chi connectivity index (χ2v) is 7.35. The maximum Gasteiger partial charge on any atom is 0.193 e. The Morgan fingerprint density at radius 1 is 1.40 bits per heavy atom. The van der Waals surface area contributed by atoms with Crippen molar-refractivity contribution >= 4 is 45.5 Å². The first kappa shape index (κ1) is 19.2. The van der Waals surface area contributed by atoms with Gasteiger partial charge in [-0.1, -0.05) is 12.1 Å². The third-order valence-corrected chi connectivity index (χ3v) is 4.85. The fourth-order valence-electron chi connectivity index (χ4n) is 1.44. The Balaban J connectivity index is 0.00000361. The molecule has 0 amide bonds. The van der Waals surface area contributed by atoms with Gasteiger partial charge in [0.2, 0.25) is 0 Å². The summed E-state index contributed by atoms with van der Waals surface area (Å²) in [6.45, 7) is 5.47. The molecule has 0 unspecified atom stereocenters. The van der Waals surface area contributed by atoms with Crippen LogP contribution < -0.4 is 11.1 Å². The average Bonchev–Trinajstić information content (AvgIpc) is 2.28. The first-order valence-electron chi connectivity index (χ1n) is 6.16. The number of nitrogens with one attached hydrogen (secondary N) is 1. The largest absolute Gasteiger partial charge is 0.370 e. The minimum atomic E-state index is -3.06. The molecule has 0 fully saturated rings. The van der Waals surface area contributed by atoms with Gasteiger partial charge in [0.25, 0.3) is 0 Å². The van der Waals surface area contributed by atoms with Gasteiger partial charge in [-0.3, -0.25) is 4.99 Å². The van der Waals surface area contributed by atoms with Gasteiger partial charge in [0.15, 0.2) is 15.8 Å². The highest BCUT2D eigenvalue weighted by Crippen LogP contribution is 2.08. The molecule has 0 spiro atoms. The molecule has 5 nitrogen and oxygen atoms in total. The molecule has 0 atom stereocenters. The number of guanidine groups is 1. The van der Waals surface area contributed by atoms with E-state index in [4.69, 9.17) is 5.73 Å². The first-order chi connectivity index (χ1) is 8.81. The Kier molecular flexibility index (Phi) is 8.10. The standard InChI is InChI=1S/C13H21N3O2S.HI/c1-10(2)19(17,18)8-7-15-13(14)16-12-6-4-5-11(3)9-12;/h4-6,9-10H,7-8H2,1-3H3,(H3,14,15,16);1H. The summed E-state index contributed by atoms with van der Waals surface area (Å²) >= 11 is 0. The quantitative estimate of drug-likeness (QED) is 0.442. The van der Waals surface area contributed by atoms with Gasteiger partial charge in [-0.25, -0.2) is 8.42 Å². The molecule has 0 radical (unpaired) electrons. The molecular formula is C13H22IN3O2S. The Hall–Kier alpha value is -0.830. The summed E-state index contributed by atoms with van der Waals surface area (Å²) in [6.07, 6.45) is 0. The summed E-state index contributed by atoms with van der Waals surface area (Å²) in [5.74, 6) is 0.241. The lowest BCUT2D eigenvalue weighted by atomic mass is 10.2. The summed E-state index contributed by atoms with van der Waals surface area (Å²) in [5, 5.41) is 2.55. The Morgan fingerprint density at radius 2 is 2.05 bits per heavy atom. The molecule has 114 valence electrons. The molecule has 3 N–H and O–H groups in total. The Bertz CT molecular complexity index is 556. The number of sulfone groups is 1. The van der Waals surface area contributed by atoms with Crippen molar-refractivity contribution in [3.8, 4) is 0 Å². The molecule has 0 aliphatic rings. The zero-order valence-corrected chi connectivity index (χ0v) is 15.1. The van der Waals surface area contributed by atoms with Crippen molar-refractivity contribution < 1.29 is 8.42 Å². The molecular weight excluding hydrogens is 389 g/mol. The first-order valence-corrected chi connectivity index (χ1v) is 7.88. The number of nitrogens with zero attached hydrogens (tertiary/aromatic N) is 1. The molecule has 0 bridgehead atoms. The number of rotatable bonds is 5. The van der Waals surface area contributed by atoms with Crippen molar-refractivity contribution in [1.82, 2.24) is 0 Å². The number of benzene rings is 1. The minimum Gasteiger partial charge on any atom is -0.370 e. The molecule has 1 rings (SSSR count). The van der Waals surface area contributed by atoms with Crippen LogP contribution in [0.2, 0.25) is 0 Å². The molecule has 0 saturated heterocycles. The SMILES string of the molecule is Cc1cccc(NC(N)=NCCS(=O)(=O)C(C)C)c1.I. The van der Waals surface area contributed by atoms with Gasteiger partial charge in [-0.15, -0.1) is 24.0 Å². The number of anilines is 1. The molecule has 0 aliphatic carbocycles. The lowest BCUT2D eigenvalue weighted by Crippen LogP contribution is -2.25. The average molecular weight is 411 g/mol. The molecule has 0 heterocycles. The number of aliphatic imine (C=N–C) groups is 1. The summed E-state index contributed by atoms with van der Waals surface area (Å²) < 4.78 is 23.2. The van der Waals surface area contributed by atoms with Crippen molar-refractivity contribution in [2.75, 3.05) is 17.6 Å². The van der Waals surface area contributed by atoms with E-state index in [-0.39, 0.29) is 47.5 Å². The van der Waals surface area contributed by atoms with Gasteiger partial charge >= 0.3 is 0 Å². The third kappa shape index (κ3) is 6.56. The van der Waals surface area contributed by atoms with E-state index in [9.17, 15) is 8.42 Å². The number of aryl methyl sites for hydroxylation is 1. The van der Waals surface area contributed by atoms with E-state index in [1.54, 1.807) is 13.8 Å². The van der Waals surface area contributed by atoms with Crippen LogP contribution in [0.3, 0.4) is 0 Å². The summed E-state index contributed by atoms with van der Waals surface area (Å²) in [4.78, 5) is 4.02. The topological polar surface area (TPSA) is 84.5 Å². The van der Waals surface area contributed by atoms with E-state index in [1.807, 2.05) is 31.2 Å². The van der Waals surface area contributed by atoms with Crippen LogP contribution in [0, 0.1) is 6.92 Å². The van der Waals surface area contributed by atoms with Crippen molar-refractivity contribution in [2.45, 2.75) is 26.0 Å². The lowest BCUT2D eigenvalue weighted by Gasteiger charge is -2.08. The number of hydrogen-bond donors (Lipinski definition) is 2. The number of halogens is 1. The Labute approximate surface area is 138 Å². The fraction of sp³-hybridized carbons (Fsp3) is 0.462. The van der Waals surface area contributed by atoms with E-state index >= 15 is 0 Å². The number of hydrogen-bond acceptors (Lipinski definition) is 3. The van der Waals surface area contributed by atoms with Gasteiger partial charge in [-0.05, 0) is 38.5 Å². The normalized spacial score (nSPS) is 12.1. The highest BCUT2D eigenvalue weighted by Gasteiger charge is 2.14. The van der Waals surface area contributed by atoms with Crippen LogP contribution in [0.1, 0.15) is 19.4 Å². The molecule has 0 aliphatic heterocycles. The molecule has 20 heavy (non-hydrogen) atoms. The number of nitrogens with two attached hydrogens (primary N) is 1. The van der Waals surface area contributed by atoms with Crippen LogP contribution >= 0.6 is 24.0 Å². The van der Waals surface area contributed by atoms with E-state index < -0.39 is 9.84 Å². The molecule has 1 aromatic rings. The highest BCUT2D eigenvalue weighted by atomic mass is 127. The van der Waals surface area contributed by atoms with Crippen LogP contribution in [-0.2, 0) is 9.84 Å². The third-order valence-electron chi connectivity index (χ3n) is 2.67. The maximum absolute atomic E-state index is 11.6. The van der Waals surface area contributed by atoms with E-state index in [0.29, 0.717) is 0 Å². The minimum absolute atomic E-state index is 0. The van der Waals surface area contributed by atoms with Crippen LogP contribution in [0.25, 0.3) is 0 Å². The molecule has 7 heteroatoms. The zero-order chi connectivity index (χ0) is 14.5. The summed E-state index contributed by atoms with van der Waals surface area (Å²) in [7, 11) is -3.06. The smallest absolute Gasteiger partial charge is 0.193 e. The Morgan fingerprint density at radius 3 is 2.60 bits per heavy atom. The van der Waals surface area contributed by atoms with E-state index in [1.165, 1.54) is 0 Å². The molecule has 1 aromatic carbocycles. The van der Waals surface area contributed by atoms with Gasteiger partial charge in [-0.2, -0.15) is 0 Å². The fourth-order valence-corrected chi connectivity index (χ4v) is 2.26. The molecule has 0 aromatic heterocycles. The van der Waals surface area contributed by atoms with Gasteiger partial charge in [0.1, 0.15) is 0 Å². The van der Waals surface area contributed by atoms with Crippen molar-refractivity contribution in [3.05, 3.63) is 29.8 Å². The maximum atomic E-state index is 11.6. The van der Waals surface area contributed by atoms with E-state index in [2.05, 4.69) is 10.3 Å². The summed E-state index contributed by atoms with van der Waals surface area (Å²) in [6, 6.07) is 7.70. The van der Waals surface area contributed by atoms with Gasteiger partial charge < -0.3 is 11.1 Å². The summed E-state index contributed by atoms with van der Waals surface area (Å²) in [5.41, 5.74) is 7.66. The van der Waals surface area contributed by atoms with Crippen molar-refractivity contribution in [3.63, 3.8) is 0 Å².